The lowest BCUT2D eigenvalue weighted by atomic mass is 9.93. The zero-order chi connectivity index (χ0) is 31.2. The predicted octanol–water partition coefficient (Wildman–Crippen LogP) is 4.86. The summed E-state index contributed by atoms with van der Waals surface area (Å²) >= 11 is 6.12. The Bertz CT molecular complexity index is 1660. The molecule has 0 aromatic heterocycles. The van der Waals surface area contributed by atoms with E-state index in [2.05, 4.69) is 26.9 Å². The molecule has 0 bridgehead atoms. The van der Waals surface area contributed by atoms with Gasteiger partial charge in [0, 0.05) is 55.5 Å². The number of halogens is 1. The fourth-order valence-corrected chi connectivity index (χ4v) is 6.23. The first kappa shape index (κ1) is 30.4. The monoisotopic (exact) mass is 621 g/mol. The Morgan fingerprint density at radius 1 is 0.822 bits per heavy atom. The molecule has 4 aromatic rings. The Morgan fingerprint density at radius 3 is 2.29 bits per heavy atom. The van der Waals surface area contributed by atoms with Crippen LogP contribution in [0, 0.1) is 0 Å². The number of para-hydroxylation sites is 2. The lowest BCUT2D eigenvalue weighted by Gasteiger charge is -2.38. The number of rotatable bonds is 8. The summed E-state index contributed by atoms with van der Waals surface area (Å²) in [6.45, 7) is 2.73. The van der Waals surface area contributed by atoms with Gasteiger partial charge in [-0.2, -0.15) is 0 Å². The number of hydrogen-bond acceptors (Lipinski definition) is 5. The van der Waals surface area contributed by atoms with Gasteiger partial charge in [-0.05, 0) is 59.5 Å². The van der Waals surface area contributed by atoms with E-state index in [-0.39, 0.29) is 17.7 Å². The van der Waals surface area contributed by atoms with Crippen molar-refractivity contribution < 1.29 is 14.4 Å². The van der Waals surface area contributed by atoms with Crippen molar-refractivity contribution in [2.75, 3.05) is 42.9 Å². The second-order valence-electron chi connectivity index (χ2n) is 11.4. The van der Waals surface area contributed by atoms with Crippen molar-refractivity contribution in [3.05, 3.63) is 130 Å². The average Bonchev–Trinajstić information content (AvgIpc) is 3.09. The summed E-state index contributed by atoms with van der Waals surface area (Å²) < 4.78 is 0. The third-order valence-corrected chi connectivity index (χ3v) is 8.70. The molecule has 0 saturated carbocycles. The van der Waals surface area contributed by atoms with E-state index >= 15 is 0 Å². The van der Waals surface area contributed by atoms with Crippen molar-refractivity contribution in [1.29, 1.82) is 0 Å². The van der Waals surface area contributed by atoms with Crippen LogP contribution in [-0.2, 0) is 22.4 Å². The molecule has 1 fully saturated rings. The maximum Gasteiger partial charge on any atom is 0.257 e. The molecule has 0 aliphatic carbocycles. The Kier molecular flexibility index (Phi) is 9.43. The van der Waals surface area contributed by atoms with Crippen LogP contribution in [0.3, 0.4) is 0 Å². The first-order chi connectivity index (χ1) is 22.0. The third kappa shape index (κ3) is 7.19. The van der Waals surface area contributed by atoms with Crippen LogP contribution in [0.25, 0.3) is 0 Å². The minimum absolute atomic E-state index is 0.128. The first-order valence-corrected chi connectivity index (χ1v) is 15.7. The van der Waals surface area contributed by atoms with E-state index < -0.39 is 12.1 Å². The molecule has 230 valence electrons. The molecule has 0 spiro atoms. The Morgan fingerprint density at radius 2 is 1.51 bits per heavy atom. The van der Waals surface area contributed by atoms with Crippen molar-refractivity contribution in [3.63, 3.8) is 0 Å². The lowest BCUT2D eigenvalue weighted by molar-refractivity contribution is -0.137. The number of carbonyl (C=O) groups excluding carboxylic acids is 3. The summed E-state index contributed by atoms with van der Waals surface area (Å²) in [5.41, 5.74) is 5.13. The van der Waals surface area contributed by atoms with Gasteiger partial charge < -0.3 is 25.8 Å². The minimum Gasteiger partial charge on any atom is -0.367 e. The molecule has 0 radical (unpaired) electrons. The molecule has 4 aromatic carbocycles. The highest BCUT2D eigenvalue weighted by Crippen LogP contribution is 2.25. The van der Waals surface area contributed by atoms with Gasteiger partial charge in [0.1, 0.15) is 12.1 Å². The topological polar surface area (TPSA) is 93.8 Å². The zero-order valence-corrected chi connectivity index (χ0v) is 25.7. The van der Waals surface area contributed by atoms with Crippen molar-refractivity contribution in [2.45, 2.75) is 24.9 Å². The summed E-state index contributed by atoms with van der Waals surface area (Å²) in [6.07, 6.45) is 1.20. The highest BCUT2D eigenvalue weighted by atomic mass is 35.5. The van der Waals surface area contributed by atoms with Gasteiger partial charge in [0.05, 0.1) is 5.56 Å². The number of carbonyl (C=O) groups is 3. The van der Waals surface area contributed by atoms with Gasteiger partial charge in [-0.3, -0.25) is 14.4 Å². The first-order valence-electron chi connectivity index (χ1n) is 15.3. The van der Waals surface area contributed by atoms with Crippen molar-refractivity contribution in [1.82, 2.24) is 15.5 Å². The molecule has 45 heavy (non-hydrogen) atoms. The summed E-state index contributed by atoms with van der Waals surface area (Å²) in [5.74, 6) is -0.525. The number of amides is 3. The average molecular weight is 622 g/mol. The molecule has 2 heterocycles. The Balaban J connectivity index is 1.16. The van der Waals surface area contributed by atoms with E-state index in [4.69, 9.17) is 11.6 Å². The van der Waals surface area contributed by atoms with Crippen LogP contribution in [0.4, 0.5) is 11.4 Å². The Labute approximate surface area is 268 Å². The van der Waals surface area contributed by atoms with E-state index in [0.29, 0.717) is 49.7 Å². The normalized spacial score (nSPS) is 16.8. The molecule has 8 nitrogen and oxygen atoms in total. The van der Waals surface area contributed by atoms with Gasteiger partial charge >= 0.3 is 0 Å². The van der Waals surface area contributed by atoms with Crippen molar-refractivity contribution in [3.8, 4) is 0 Å². The van der Waals surface area contributed by atoms with E-state index in [1.54, 1.807) is 12.1 Å². The summed E-state index contributed by atoms with van der Waals surface area (Å²) in [7, 11) is 0. The van der Waals surface area contributed by atoms with E-state index in [1.165, 1.54) is 0 Å². The van der Waals surface area contributed by atoms with Gasteiger partial charge in [0.15, 0.2) is 0 Å². The lowest BCUT2D eigenvalue weighted by Crippen LogP contribution is -2.57. The second-order valence-corrected chi connectivity index (χ2v) is 11.8. The van der Waals surface area contributed by atoms with Crippen LogP contribution < -0.4 is 20.9 Å². The number of nitrogens with one attached hydrogen (secondary N) is 3. The maximum atomic E-state index is 14.0. The molecule has 1 saturated heterocycles. The molecule has 2 atom stereocenters. The van der Waals surface area contributed by atoms with Gasteiger partial charge in [0.25, 0.3) is 5.91 Å². The predicted molar refractivity (Wildman–Crippen MR) is 178 cm³/mol. The van der Waals surface area contributed by atoms with Crippen LogP contribution in [0.1, 0.15) is 33.1 Å². The number of nitrogens with zero attached hydrogens (tertiary/aromatic N) is 2. The van der Waals surface area contributed by atoms with Crippen LogP contribution >= 0.6 is 11.6 Å². The maximum absolute atomic E-state index is 14.0. The largest absolute Gasteiger partial charge is 0.367 e. The molecular weight excluding hydrogens is 586 g/mol. The number of fused-ring (bicyclic) bond motifs is 1. The molecule has 9 heteroatoms. The van der Waals surface area contributed by atoms with E-state index in [0.717, 1.165) is 34.5 Å². The molecule has 2 aliphatic rings. The van der Waals surface area contributed by atoms with Crippen molar-refractivity contribution >= 4 is 40.7 Å². The number of hydrogen-bond donors (Lipinski definition) is 3. The quantitative estimate of drug-likeness (QED) is 0.261. The molecule has 3 amide bonds. The molecule has 1 unspecified atom stereocenters. The fourth-order valence-electron chi connectivity index (χ4n) is 6.10. The number of anilines is 2. The zero-order valence-electron chi connectivity index (χ0n) is 24.9. The Hall–Kier alpha value is -4.66. The number of piperazine rings is 1. The molecule has 6 rings (SSSR count). The number of benzene rings is 4. The molecule has 2 aliphatic heterocycles. The minimum atomic E-state index is -0.745. The van der Waals surface area contributed by atoms with Gasteiger partial charge in [-0.25, -0.2) is 0 Å². The summed E-state index contributed by atoms with van der Waals surface area (Å²) in [5, 5.41) is 10.0. The highest BCUT2D eigenvalue weighted by molar-refractivity contribution is 6.30. The van der Waals surface area contributed by atoms with Crippen LogP contribution in [0.5, 0.6) is 0 Å². The van der Waals surface area contributed by atoms with Crippen LogP contribution in [-0.4, -0.2) is 61.4 Å². The summed E-state index contributed by atoms with van der Waals surface area (Å²) in [4.78, 5) is 44.8. The second kappa shape index (κ2) is 14.0. The third-order valence-electron chi connectivity index (χ3n) is 8.45. The van der Waals surface area contributed by atoms with Crippen LogP contribution in [0.15, 0.2) is 103 Å². The van der Waals surface area contributed by atoms with Gasteiger partial charge in [0.2, 0.25) is 11.8 Å². The molecular formula is C36H36ClN5O3. The summed E-state index contributed by atoms with van der Waals surface area (Å²) in [6, 6.07) is 30.9. The fraction of sp³-hybridized carbons (Fsp3) is 0.250. The smallest absolute Gasteiger partial charge is 0.257 e. The van der Waals surface area contributed by atoms with E-state index in [9.17, 15) is 14.4 Å². The van der Waals surface area contributed by atoms with Crippen LogP contribution in [0.2, 0.25) is 5.02 Å². The SMILES string of the molecule is O=C(Nc1ccccc1)c1ccccc1N1CCN(C(=O)[C@@H](Cc2ccc(Cl)cc2)NC(=O)C2NCCc3ccccc32)CC1. The van der Waals surface area contributed by atoms with Crippen molar-refractivity contribution in [2.24, 2.45) is 0 Å². The van der Waals surface area contributed by atoms with E-state index in [1.807, 2.05) is 89.8 Å². The molecule has 3 N–H and O–H groups in total. The standard InChI is InChI=1S/C36H36ClN5O3/c37-27-16-14-25(15-17-27)24-31(40-35(44)33-29-11-5-4-8-26(29)18-19-38-33)36(45)42-22-20-41(21-23-42)32-13-7-6-12-30(32)34(43)39-28-9-2-1-3-10-28/h1-17,31,33,38H,18-24H2,(H,39,43)(H,40,44)/t31-,33?/m1/s1. The van der Waals surface area contributed by atoms with Gasteiger partial charge in [-0.1, -0.05) is 78.3 Å². The highest BCUT2D eigenvalue weighted by Gasteiger charge is 2.33. The van der Waals surface area contributed by atoms with Gasteiger partial charge in [-0.15, -0.1) is 0 Å².